The highest BCUT2D eigenvalue weighted by molar-refractivity contribution is 14.1. The molecule has 1 rings (SSSR count). The molecule has 98 valence electrons. The quantitative estimate of drug-likeness (QED) is 0.491. The van der Waals surface area contributed by atoms with Crippen molar-refractivity contribution in [1.29, 1.82) is 5.41 Å². The number of rotatable bonds is 4. The van der Waals surface area contributed by atoms with Gasteiger partial charge < -0.3 is 10.1 Å². The van der Waals surface area contributed by atoms with E-state index < -0.39 is 5.60 Å². The SMILES string of the molecule is CC(C)(C)OC(=O)CNc1ncccc1C(=N)I. The van der Waals surface area contributed by atoms with Crippen molar-refractivity contribution in [2.45, 2.75) is 26.4 Å². The van der Waals surface area contributed by atoms with E-state index in [0.29, 0.717) is 15.1 Å². The molecule has 0 aliphatic heterocycles. The highest BCUT2D eigenvalue weighted by Crippen LogP contribution is 2.15. The number of hydrogen-bond donors (Lipinski definition) is 2. The Morgan fingerprint density at radius 1 is 1.56 bits per heavy atom. The summed E-state index contributed by atoms with van der Waals surface area (Å²) >= 11 is 1.90. The van der Waals surface area contributed by atoms with Crippen LogP contribution in [0.3, 0.4) is 0 Å². The number of carbonyl (C=O) groups is 1. The number of hydrogen-bond acceptors (Lipinski definition) is 5. The molecule has 0 aromatic carbocycles. The number of carbonyl (C=O) groups excluding carboxylic acids is 1. The summed E-state index contributed by atoms with van der Waals surface area (Å²) in [6.45, 7) is 5.48. The largest absolute Gasteiger partial charge is 0.459 e. The van der Waals surface area contributed by atoms with Crippen LogP contribution in [0.15, 0.2) is 18.3 Å². The molecule has 1 aromatic rings. The maximum absolute atomic E-state index is 11.5. The zero-order valence-electron chi connectivity index (χ0n) is 10.6. The Labute approximate surface area is 120 Å². The third-order valence-corrected chi connectivity index (χ3v) is 2.45. The molecule has 0 spiro atoms. The second kappa shape index (κ2) is 6.12. The summed E-state index contributed by atoms with van der Waals surface area (Å²) in [5.74, 6) is 0.168. The summed E-state index contributed by atoms with van der Waals surface area (Å²) in [5.41, 5.74) is 0.170. The lowest BCUT2D eigenvalue weighted by Gasteiger charge is -2.19. The van der Waals surface area contributed by atoms with Crippen molar-refractivity contribution in [1.82, 2.24) is 4.98 Å². The molecule has 5 nitrogen and oxygen atoms in total. The van der Waals surface area contributed by atoms with E-state index >= 15 is 0 Å². The lowest BCUT2D eigenvalue weighted by Crippen LogP contribution is -2.28. The minimum Gasteiger partial charge on any atom is -0.459 e. The molecule has 0 atom stereocenters. The molecule has 0 bridgehead atoms. The third-order valence-electron chi connectivity index (χ3n) is 1.86. The highest BCUT2D eigenvalue weighted by atomic mass is 127. The summed E-state index contributed by atoms with van der Waals surface area (Å²) in [4.78, 5) is 15.6. The van der Waals surface area contributed by atoms with Gasteiger partial charge in [0, 0.05) is 11.8 Å². The Kier molecular flexibility index (Phi) is 5.06. The van der Waals surface area contributed by atoms with Gasteiger partial charge in [-0.3, -0.25) is 10.2 Å². The van der Waals surface area contributed by atoms with Crippen LogP contribution in [-0.2, 0) is 9.53 Å². The first-order chi connectivity index (χ1) is 8.29. The summed E-state index contributed by atoms with van der Waals surface area (Å²) in [6, 6.07) is 3.53. The van der Waals surface area contributed by atoms with Crippen molar-refractivity contribution in [2.24, 2.45) is 0 Å². The van der Waals surface area contributed by atoms with Gasteiger partial charge in [0.1, 0.15) is 21.7 Å². The van der Waals surface area contributed by atoms with Crippen molar-refractivity contribution in [3.8, 4) is 0 Å². The maximum Gasteiger partial charge on any atom is 0.325 e. The topological polar surface area (TPSA) is 75.1 Å². The molecule has 0 saturated heterocycles. The first-order valence-electron chi connectivity index (χ1n) is 5.45. The van der Waals surface area contributed by atoms with Gasteiger partial charge in [0.25, 0.3) is 0 Å². The fourth-order valence-electron chi connectivity index (χ4n) is 1.26. The predicted molar refractivity (Wildman–Crippen MR) is 79.4 cm³/mol. The van der Waals surface area contributed by atoms with Gasteiger partial charge in [-0.25, -0.2) is 4.98 Å². The molecule has 0 fully saturated rings. The number of anilines is 1. The van der Waals surface area contributed by atoms with Crippen molar-refractivity contribution >= 4 is 38.1 Å². The van der Waals surface area contributed by atoms with Gasteiger partial charge in [-0.2, -0.15) is 0 Å². The summed E-state index contributed by atoms with van der Waals surface area (Å²) in [6.07, 6.45) is 1.61. The summed E-state index contributed by atoms with van der Waals surface area (Å²) < 4.78 is 5.54. The predicted octanol–water partition coefficient (Wildman–Crippen LogP) is 2.60. The Morgan fingerprint density at radius 2 is 2.22 bits per heavy atom. The van der Waals surface area contributed by atoms with Crippen LogP contribution in [-0.4, -0.2) is 26.8 Å². The first kappa shape index (κ1) is 14.9. The van der Waals surface area contributed by atoms with Crippen LogP contribution in [0.1, 0.15) is 26.3 Å². The molecule has 2 N–H and O–H groups in total. The molecule has 0 radical (unpaired) electrons. The number of pyridine rings is 1. The molecule has 0 aliphatic rings. The Morgan fingerprint density at radius 3 is 2.78 bits per heavy atom. The molecule has 1 aromatic heterocycles. The van der Waals surface area contributed by atoms with Crippen molar-refractivity contribution in [2.75, 3.05) is 11.9 Å². The molecule has 6 heteroatoms. The molecule has 0 amide bonds. The van der Waals surface area contributed by atoms with Gasteiger partial charge in [0.2, 0.25) is 0 Å². The Hall–Kier alpha value is -1.18. The number of ether oxygens (including phenoxy) is 1. The molecular formula is C12H16IN3O2. The number of halogens is 1. The van der Waals surface area contributed by atoms with E-state index in [1.54, 1.807) is 18.3 Å². The van der Waals surface area contributed by atoms with Gasteiger partial charge in [-0.15, -0.1) is 0 Å². The smallest absolute Gasteiger partial charge is 0.325 e. The van der Waals surface area contributed by atoms with Gasteiger partial charge in [0.05, 0.1) is 0 Å². The van der Waals surface area contributed by atoms with E-state index in [1.807, 2.05) is 43.4 Å². The lowest BCUT2D eigenvalue weighted by molar-refractivity contribution is -0.152. The second-order valence-electron chi connectivity index (χ2n) is 4.65. The van der Waals surface area contributed by atoms with E-state index in [0.717, 1.165) is 0 Å². The molecular weight excluding hydrogens is 345 g/mol. The summed E-state index contributed by atoms with van der Waals surface area (Å²) in [5, 5.41) is 10.5. The minimum absolute atomic E-state index is 0.0329. The highest BCUT2D eigenvalue weighted by Gasteiger charge is 2.16. The average Bonchev–Trinajstić information content (AvgIpc) is 2.24. The number of nitrogens with zero attached hydrogens (tertiary/aromatic N) is 1. The fraction of sp³-hybridized carbons (Fsp3) is 0.417. The fourth-order valence-corrected chi connectivity index (χ4v) is 1.69. The van der Waals surface area contributed by atoms with E-state index in [4.69, 9.17) is 10.1 Å². The molecule has 0 saturated carbocycles. The zero-order chi connectivity index (χ0) is 13.8. The zero-order valence-corrected chi connectivity index (χ0v) is 12.7. The monoisotopic (exact) mass is 361 g/mol. The molecule has 0 aliphatic carbocycles. The standard InChI is InChI=1S/C12H16IN3O2/c1-12(2,3)18-9(17)7-16-11-8(10(13)14)5-4-6-15-11/h4-6,14H,7H2,1-3H3,(H,15,16). The average molecular weight is 361 g/mol. The number of aromatic nitrogens is 1. The van der Waals surface area contributed by atoms with Crippen LogP contribution >= 0.6 is 22.6 Å². The van der Waals surface area contributed by atoms with Crippen molar-refractivity contribution < 1.29 is 9.53 Å². The third kappa shape index (κ3) is 4.99. The van der Waals surface area contributed by atoms with E-state index in [-0.39, 0.29) is 12.5 Å². The summed E-state index contributed by atoms with van der Waals surface area (Å²) in [7, 11) is 0. The van der Waals surface area contributed by atoms with Crippen LogP contribution in [0.5, 0.6) is 0 Å². The maximum atomic E-state index is 11.5. The van der Waals surface area contributed by atoms with Crippen LogP contribution in [0, 0.1) is 5.41 Å². The van der Waals surface area contributed by atoms with E-state index in [2.05, 4.69) is 10.3 Å². The normalized spacial score (nSPS) is 10.9. The van der Waals surface area contributed by atoms with Gasteiger partial charge in [0.15, 0.2) is 0 Å². The molecule has 18 heavy (non-hydrogen) atoms. The number of esters is 1. The van der Waals surface area contributed by atoms with Crippen molar-refractivity contribution in [3.05, 3.63) is 23.9 Å². The van der Waals surface area contributed by atoms with Crippen LogP contribution in [0.4, 0.5) is 5.82 Å². The molecule has 0 unspecified atom stereocenters. The first-order valence-corrected chi connectivity index (χ1v) is 6.52. The van der Waals surface area contributed by atoms with E-state index in [9.17, 15) is 4.79 Å². The van der Waals surface area contributed by atoms with Crippen LogP contribution < -0.4 is 5.32 Å². The molecule has 1 heterocycles. The van der Waals surface area contributed by atoms with Crippen LogP contribution in [0.2, 0.25) is 0 Å². The van der Waals surface area contributed by atoms with Gasteiger partial charge >= 0.3 is 5.97 Å². The lowest BCUT2D eigenvalue weighted by atomic mass is 10.2. The van der Waals surface area contributed by atoms with Crippen molar-refractivity contribution in [3.63, 3.8) is 0 Å². The van der Waals surface area contributed by atoms with E-state index in [1.165, 1.54) is 0 Å². The van der Waals surface area contributed by atoms with Crippen LogP contribution in [0.25, 0.3) is 0 Å². The minimum atomic E-state index is -0.498. The Bertz CT molecular complexity index is 455. The second-order valence-corrected chi connectivity index (χ2v) is 5.73. The number of nitrogens with one attached hydrogen (secondary N) is 2. The Balaban J connectivity index is 2.64. The van der Waals surface area contributed by atoms with Gasteiger partial charge in [-0.1, -0.05) is 0 Å². The van der Waals surface area contributed by atoms with Gasteiger partial charge in [-0.05, 0) is 55.5 Å².